The van der Waals surface area contributed by atoms with E-state index in [2.05, 4.69) is 5.32 Å². The lowest BCUT2D eigenvalue weighted by Gasteiger charge is -2.23. The molecule has 0 unspecified atom stereocenters. The minimum Gasteiger partial charge on any atom is -0.486 e. The smallest absolute Gasteiger partial charge is 0.259 e. The number of nitrogens with one attached hydrogen (secondary N) is 1. The molecule has 0 bridgehead atoms. The average molecular weight is 456 g/mol. The summed E-state index contributed by atoms with van der Waals surface area (Å²) in [6.07, 6.45) is 1.07. The fourth-order valence-corrected chi connectivity index (χ4v) is 3.87. The zero-order valence-corrected chi connectivity index (χ0v) is 18.3. The molecule has 32 heavy (non-hydrogen) atoms. The third-order valence-corrected chi connectivity index (χ3v) is 6.26. The van der Waals surface area contributed by atoms with Crippen molar-refractivity contribution in [1.29, 1.82) is 0 Å². The Morgan fingerprint density at radius 2 is 1.69 bits per heavy atom. The SMILES string of the molecule is CN(c1ccc(-c2ccc(F)cc2)cc1NC(=O)c1cccc2c1OCCO2)S(C)(=O)=O. The number of carbonyl (C=O) groups excluding carboxylic acids is 1. The standard InChI is InChI=1S/C23H21FN2O5S/c1-26(32(2,28)29)20-11-8-16(15-6-9-17(24)10-7-15)14-19(20)25-23(27)18-4-3-5-21-22(18)31-13-12-30-21/h3-11,14H,12-13H2,1-2H3,(H,25,27). The van der Waals surface area contributed by atoms with Gasteiger partial charge in [-0.05, 0) is 47.5 Å². The average Bonchev–Trinajstić information content (AvgIpc) is 2.78. The van der Waals surface area contributed by atoms with Gasteiger partial charge in [0, 0.05) is 7.05 Å². The molecule has 7 nitrogen and oxygen atoms in total. The molecule has 166 valence electrons. The summed E-state index contributed by atoms with van der Waals surface area (Å²) in [6, 6.07) is 15.8. The van der Waals surface area contributed by atoms with Crippen molar-refractivity contribution in [3.63, 3.8) is 0 Å². The number of carbonyl (C=O) groups is 1. The number of hydrogen-bond donors (Lipinski definition) is 1. The first-order valence-corrected chi connectivity index (χ1v) is 11.6. The molecule has 9 heteroatoms. The van der Waals surface area contributed by atoms with E-state index in [1.165, 1.54) is 19.2 Å². The van der Waals surface area contributed by atoms with Crippen LogP contribution in [-0.2, 0) is 10.0 Å². The Balaban J connectivity index is 1.76. The molecule has 0 fully saturated rings. The van der Waals surface area contributed by atoms with Crippen molar-refractivity contribution in [1.82, 2.24) is 0 Å². The van der Waals surface area contributed by atoms with Crippen LogP contribution in [0.1, 0.15) is 10.4 Å². The van der Waals surface area contributed by atoms with Gasteiger partial charge in [-0.1, -0.05) is 24.3 Å². The second kappa shape index (κ2) is 8.51. The number of fused-ring (bicyclic) bond motifs is 1. The summed E-state index contributed by atoms with van der Waals surface area (Å²) in [4.78, 5) is 13.1. The maximum absolute atomic E-state index is 13.3. The van der Waals surface area contributed by atoms with E-state index in [-0.39, 0.29) is 22.8 Å². The first-order chi connectivity index (χ1) is 15.2. The van der Waals surface area contributed by atoms with Gasteiger partial charge in [0.05, 0.1) is 23.2 Å². The molecule has 1 N–H and O–H groups in total. The zero-order chi connectivity index (χ0) is 22.9. The lowest BCUT2D eigenvalue weighted by Crippen LogP contribution is -2.26. The van der Waals surface area contributed by atoms with Crippen LogP contribution in [-0.4, -0.2) is 40.8 Å². The lowest BCUT2D eigenvalue weighted by molar-refractivity contribution is 0.101. The van der Waals surface area contributed by atoms with Crippen molar-refractivity contribution in [2.24, 2.45) is 0 Å². The van der Waals surface area contributed by atoms with Crippen LogP contribution in [0.5, 0.6) is 11.5 Å². The van der Waals surface area contributed by atoms with Gasteiger partial charge in [-0.25, -0.2) is 12.8 Å². The predicted octanol–water partition coefficient (Wildman–Crippen LogP) is 3.91. The zero-order valence-electron chi connectivity index (χ0n) is 17.5. The van der Waals surface area contributed by atoms with E-state index in [0.29, 0.717) is 35.8 Å². The van der Waals surface area contributed by atoms with E-state index in [9.17, 15) is 17.6 Å². The first-order valence-electron chi connectivity index (χ1n) is 9.78. The van der Waals surface area contributed by atoms with Crippen molar-refractivity contribution in [3.05, 3.63) is 72.0 Å². The largest absolute Gasteiger partial charge is 0.486 e. The number of anilines is 2. The van der Waals surface area contributed by atoms with Gasteiger partial charge in [-0.2, -0.15) is 0 Å². The Morgan fingerprint density at radius 1 is 1.00 bits per heavy atom. The minimum absolute atomic E-state index is 0.266. The molecule has 1 heterocycles. The van der Waals surface area contributed by atoms with Crippen molar-refractivity contribution in [2.75, 3.05) is 36.1 Å². The minimum atomic E-state index is -3.59. The maximum Gasteiger partial charge on any atom is 0.259 e. The highest BCUT2D eigenvalue weighted by molar-refractivity contribution is 7.92. The third kappa shape index (κ3) is 4.38. The molecule has 0 spiro atoms. The summed E-state index contributed by atoms with van der Waals surface area (Å²) < 4.78 is 49.9. The second-order valence-corrected chi connectivity index (χ2v) is 9.27. The van der Waals surface area contributed by atoms with Gasteiger partial charge in [-0.15, -0.1) is 0 Å². The van der Waals surface area contributed by atoms with Crippen LogP contribution in [0.3, 0.4) is 0 Å². The molecule has 0 radical (unpaired) electrons. The van der Waals surface area contributed by atoms with Crippen molar-refractivity contribution >= 4 is 27.3 Å². The van der Waals surface area contributed by atoms with E-state index in [4.69, 9.17) is 9.47 Å². The lowest BCUT2D eigenvalue weighted by atomic mass is 10.0. The van der Waals surface area contributed by atoms with E-state index < -0.39 is 15.9 Å². The quantitative estimate of drug-likeness (QED) is 0.629. The Hall–Kier alpha value is -3.59. The highest BCUT2D eigenvalue weighted by Gasteiger charge is 2.23. The number of benzene rings is 3. The highest BCUT2D eigenvalue weighted by atomic mass is 32.2. The first kappa shape index (κ1) is 21.6. The molecule has 0 saturated carbocycles. The number of para-hydroxylation sites is 1. The molecule has 0 aliphatic carbocycles. The van der Waals surface area contributed by atoms with Crippen LogP contribution >= 0.6 is 0 Å². The Kier molecular flexibility index (Phi) is 5.75. The van der Waals surface area contributed by atoms with Gasteiger partial charge in [-0.3, -0.25) is 9.10 Å². The Bertz CT molecular complexity index is 1280. The van der Waals surface area contributed by atoms with Gasteiger partial charge in [0.15, 0.2) is 11.5 Å². The summed E-state index contributed by atoms with van der Waals surface area (Å²) in [5, 5.41) is 2.80. The van der Waals surface area contributed by atoms with E-state index in [0.717, 1.165) is 10.6 Å². The summed E-state index contributed by atoms with van der Waals surface area (Å²) in [5.41, 5.74) is 2.22. The van der Waals surface area contributed by atoms with Crippen LogP contribution < -0.4 is 19.1 Å². The summed E-state index contributed by atoms with van der Waals surface area (Å²) in [7, 11) is -2.19. The van der Waals surface area contributed by atoms with Gasteiger partial charge in [0.1, 0.15) is 19.0 Å². The number of sulfonamides is 1. The molecule has 1 amide bonds. The molecular formula is C23H21FN2O5S. The Labute approximate surface area is 185 Å². The number of rotatable bonds is 5. The van der Waals surface area contributed by atoms with Crippen LogP contribution in [0.2, 0.25) is 0 Å². The van der Waals surface area contributed by atoms with Crippen LogP contribution in [0.15, 0.2) is 60.7 Å². The van der Waals surface area contributed by atoms with Gasteiger partial charge >= 0.3 is 0 Å². The van der Waals surface area contributed by atoms with E-state index in [1.807, 2.05) is 0 Å². The van der Waals surface area contributed by atoms with Gasteiger partial charge < -0.3 is 14.8 Å². The fourth-order valence-electron chi connectivity index (χ4n) is 3.35. The molecule has 1 aliphatic heterocycles. The number of halogens is 1. The molecule has 3 aromatic carbocycles. The molecule has 3 aromatic rings. The summed E-state index contributed by atoms with van der Waals surface area (Å²) in [5.74, 6) is -0.0417. The summed E-state index contributed by atoms with van der Waals surface area (Å²) in [6.45, 7) is 0.709. The van der Waals surface area contributed by atoms with Gasteiger partial charge in [0.2, 0.25) is 10.0 Å². The Morgan fingerprint density at radius 3 is 2.41 bits per heavy atom. The number of nitrogens with zero attached hydrogens (tertiary/aromatic N) is 1. The van der Waals surface area contributed by atoms with Crippen molar-refractivity contribution in [3.8, 4) is 22.6 Å². The summed E-state index contributed by atoms with van der Waals surface area (Å²) >= 11 is 0. The molecule has 0 aromatic heterocycles. The van der Waals surface area contributed by atoms with E-state index in [1.54, 1.807) is 48.5 Å². The van der Waals surface area contributed by atoms with Crippen molar-refractivity contribution in [2.45, 2.75) is 0 Å². The van der Waals surface area contributed by atoms with E-state index >= 15 is 0 Å². The fraction of sp³-hybridized carbons (Fsp3) is 0.174. The van der Waals surface area contributed by atoms with Crippen LogP contribution in [0, 0.1) is 5.82 Å². The molecule has 1 aliphatic rings. The predicted molar refractivity (Wildman–Crippen MR) is 120 cm³/mol. The number of amides is 1. The van der Waals surface area contributed by atoms with Crippen LogP contribution in [0.4, 0.5) is 15.8 Å². The maximum atomic E-state index is 13.3. The number of hydrogen-bond acceptors (Lipinski definition) is 5. The van der Waals surface area contributed by atoms with Gasteiger partial charge in [0.25, 0.3) is 5.91 Å². The van der Waals surface area contributed by atoms with Crippen LogP contribution in [0.25, 0.3) is 11.1 Å². The second-order valence-electron chi connectivity index (χ2n) is 7.25. The molecule has 0 saturated heterocycles. The van der Waals surface area contributed by atoms with Crippen molar-refractivity contribution < 1.29 is 27.1 Å². The highest BCUT2D eigenvalue weighted by Crippen LogP contribution is 2.36. The normalized spacial score (nSPS) is 12.8. The monoisotopic (exact) mass is 456 g/mol. The molecule has 0 atom stereocenters. The topological polar surface area (TPSA) is 84.9 Å². The third-order valence-electron chi connectivity index (χ3n) is 5.07. The molecule has 4 rings (SSSR count). The molecular weight excluding hydrogens is 435 g/mol. The number of ether oxygens (including phenoxy) is 2.